The van der Waals surface area contributed by atoms with E-state index in [2.05, 4.69) is 0 Å². The number of hydrogen-bond acceptors (Lipinski definition) is 2. The van der Waals surface area contributed by atoms with Crippen LogP contribution in [0.1, 0.15) is 23.5 Å². The Hall–Kier alpha value is -2.07. The summed E-state index contributed by atoms with van der Waals surface area (Å²) in [6.45, 7) is 0.367. The number of hydrogen-bond donors (Lipinski definition) is 0. The summed E-state index contributed by atoms with van der Waals surface area (Å²) in [6, 6.07) is 12.4. The Kier molecular flexibility index (Phi) is 4.76. The molecule has 0 aromatic heterocycles. The van der Waals surface area contributed by atoms with Crippen molar-refractivity contribution in [3.05, 3.63) is 64.4 Å². The standard InChI is InChI=1S/C19H19ClFNO2/c1-22(11-12-7-8-18(24-2)17(21)9-12)19(23)15-10-14(15)13-5-3-4-6-16(13)20/h3-9,14-15H,10-11H2,1-2H3. The van der Waals surface area contributed by atoms with Crippen LogP contribution in [-0.4, -0.2) is 25.0 Å². The highest BCUT2D eigenvalue weighted by Gasteiger charge is 2.45. The average molecular weight is 348 g/mol. The summed E-state index contributed by atoms with van der Waals surface area (Å²) in [5, 5.41) is 0.706. The largest absolute Gasteiger partial charge is 0.494 e. The molecule has 0 bridgehead atoms. The van der Waals surface area contributed by atoms with Crippen LogP contribution in [0.4, 0.5) is 4.39 Å². The molecule has 126 valence electrons. The monoisotopic (exact) mass is 347 g/mol. The number of nitrogens with zero attached hydrogens (tertiary/aromatic N) is 1. The van der Waals surface area contributed by atoms with E-state index < -0.39 is 5.82 Å². The SMILES string of the molecule is COc1ccc(CN(C)C(=O)C2CC2c2ccccc2Cl)cc1F. The highest BCUT2D eigenvalue weighted by atomic mass is 35.5. The normalized spacial score (nSPS) is 19.0. The number of methoxy groups -OCH3 is 1. The van der Waals surface area contributed by atoms with Crippen molar-refractivity contribution < 1.29 is 13.9 Å². The Morgan fingerprint density at radius 2 is 2.08 bits per heavy atom. The first kappa shape index (κ1) is 16.8. The van der Waals surface area contributed by atoms with E-state index >= 15 is 0 Å². The number of ether oxygens (including phenoxy) is 1. The van der Waals surface area contributed by atoms with Gasteiger partial charge in [-0.05, 0) is 41.7 Å². The number of carbonyl (C=O) groups is 1. The summed E-state index contributed by atoms with van der Waals surface area (Å²) in [5.74, 6) is -0.0136. The minimum atomic E-state index is -0.420. The number of amides is 1. The van der Waals surface area contributed by atoms with Gasteiger partial charge >= 0.3 is 0 Å². The lowest BCUT2D eigenvalue weighted by molar-refractivity contribution is -0.131. The van der Waals surface area contributed by atoms with E-state index in [4.69, 9.17) is 16.3 Å². The molecule has 2 unspecified atom stereocenters. The first-order valence-electron chi connectivity index (χ1n) is 7.83. The molecule has 0 N–H and O–H groups in total. The average Bonchev–Trinajstić information content (AvgIpc) is 3.35. The molecule has 5 heteroatoms. The van der Waals surface area contributed by atoms with Crippen molar-refractivity contribution in [2.24, 2.45) is 5.92 Å². The van der Waals surface area contributed by atoms with Crippen LogP contribution in [-0.2, 0) is 11.3 Å². The van der Waals surface area contributed by atoms with Gasteiger partial charge in [-0.2, -0.15) is 0 Å². The Morgan fingerprint density at radius 1 is 1.33 bits per heavy atom. The smallest absolute Gasteiger partial charge is 0.226 e. The fourth-order valence-electron chi connectivity index (χ4n) is 3.03. The zero-order valence-electron chi connectivity index (χ0n) is 13.6. The summed E-state index contributed by atoms with van der Waals surface area (Å²) in [5.41, 5.74) is 1.76. The molecule has 0 heterocycles. The molecule has 2 aromatic carbocycles. The van der Waals surface area contributed by atoms with Crippen LogP contribution in [0, 0.1) is 11.7 Å². The summed E-state index contributed by atoms with van der Waals surface area (Å²) >= 11 is 6.21. The van der Waals surface area contributed by atoms with E-state index in [1.165, 1.54) is 13.2 Å². The van der Waals surface area contributed by atoms with Gasteiger partial charge in [0.05, 0.1) is 7.11 Å². The summed E-state index contributed by atoms with van der Waals surface area (Å²) in [7, 11) is 3.17. The van der Waals surface area contributed by atoms with Gasteiger partial charge in [0.15, 0.2) is 11.6 Å². The van der Waals surface area contributed by atoms with E-state index in [1.807, 2.05) is 24.3 Å². The van der Waals surface area contributed by atoms with Crippen LogP contribution in [0.15, 0.2) is 42.5 Å². The quantitative estimate of drug-likeness (QED) is 0.809. The van der Waals surface area contributed by atoms with Crippen molar-refractivity contribution in [2.75, 3.05) is 14.2 Å². The van der Waals surface area contributed by atoms with Crippen LogP contribution in [0.2, 0.25) is 5.02 Å². The van der Waals surface area contributed by atoms with Gasteiger partial charge in [-0.15, -0.1) is 0 Å². The second-order valence-corrected chi connectivity index (χ2v) is 6.54. The van der Waals surface area contributed by atoms with Crippen LogP contribution in [0.3, 0.4) is 0 Å². The molecule has 0 spiro atoms. The van der Waals surface area contributed by atoms with E-state index in [1.54, 1.807) is 24.1 Å². The molecule has 1 amide bonds. The summed E-state index contributed by atoms with van der Waals surface area (Å²) in [4.78, 5) is 14.2. The minimum Gasteiger partial charge on any atom is -0.494 e. The third-order valence-electron chi connectivity index (χ3n) is 4.42. The molecular formula is C19H19ClFNO2. The predicted octanol–water partition coefficient (Wildman–Crippen LogP) is 4.25. The van der Waals surface area contributed by atoms with Gasteiger partial charge in [0.2, 0.25) is 5.91 Å². The molecule has 0 radical (unpaired) electrons. The molecule has 24 heavy (non-hydrogen) atoms. The molecule has 2 aromatic rings. The molecular weight excluding hydrogens is 329 g/mol. The minimum absolute atomic E-state index is 0.0435. The van der Waals surface area contributed by atoms with Crippen LogP contribution >= 0.6 is 11.6 Å². The lowest BCUT2D eigenvalue weighted by atomic mass is 10.1. The Labute approximate surface area is 146 Å². The highest BCUT2D eigenvalue weighted by molar-refractivity contribution is 6.31. The summed E-state index contributed by atoms with van der Waals surface area (Å²) < 4.78 is 18.7. The lowest BCUT2D eigenvalue weighted by Gasteiger charge is -2.18. The molecule has 0 aliphatic heterocycles. The maximum absolute atomic E-state index is 13.8. The van der Waals surface area contributed by atoms with Crippen molar-refractivity contribution in [2.45, 2.75) is 18.9 Å². The fourth-order valence-corrected chi connectivity index (χ4v) is 3.31. The van der Waals surface area contributed by atoms with E-state index in [0.717, 1.165) is 17.5 Å². The van der Waals surface area contributed by atoms with Gasteiger partial charge in [0.25, 0.3) is 0 Å². The van der Waals surface area contributed by atoms with Crippen LogP contribution in [0.25, 0.3) is 0 Å². The first-order valence-corrected chi connectivity index (χ1v) is 8.21. The molecule has 0 saturated heterocycles. The van der Waals surface area contributed by atoms with Crippen molar-refractivity contribution in [3.63, 3.8) is 0 Å². The fraction of sp³-hybridized carbons (Fsp3) is 0.316. The molecule has 2 atom stereocenters. The zero-order valence-corrected chi connectivity index (χ0v) is 14.4. The Balaban J connectivity index is 1.64. The zero-order chi connectivity index (χ0) is 17.3. The summed E-state index contributed by atoms with van der Waals surface area (Å²) in [6.07, 6.45) is 0.809. The first-order chi connectivity index (χ1) is 11.5. The number of carbonyl (C=O) groups excluding carboxylic acids is 1. The number of benzene rings is 2. The van der Waals surface area contributed by atoms with Gasteiger partial charge in [0, 0.05) is 24.5 Å². The van der Waals surface area contributed by atoms with Gasteiger partial charge < -0.3 is 9.64 Å². The van der Waals surface area contributed by atoms with Crippen molar-refractivity contribution in [1.29, 1.82) is 0 Å². The molecule has 3 rings (SSSR count). The van der Waals surface area contributed by atoms with E-state index in [0.29, 0.717) is 11.6 Å². The lowest BCUT2D eigenvalue weighted by Crippen LogP contribution is -2.28. The van der Waals surface area contributed by atoms with Crippen molar-refractivity contribution >= 4 is 17.5 Å². The maximum atomic E-state index is 13.8. The predicted molar refractivity (Wildman–Crippen MR) is 91.7 cm³/mol. The van der Waals surface area contributed by atoms with Crippen molar-refractivity contribution in [3.8, 4) is 5.75 Å². The third-order valence-corrected chi connectivity index (χ3v) is 4.77. The highest BCUT2D eigenvalue weighted by Crippen LogP contribution is 2.50. The maximum Gasteiger partial charge on any atom is 0.226 e. The number of halogens is 2. The van der Waals surface area contributed by atoms with E-state index in [9.17, 15) is 9.18 Å². The van der Waals surface area contributed by atoms with Gasteiger partial charge in [-0.3, -0.25) is 4.79 Å². The Bertz CT molecular complexity index is 765. The molecule has 3 nitrogen and oxygen atoms in total. The topological polar surface area (TPSA) is 29.5 Å². The third kappa shape index (κ3) is 3.39. The Morgan fingerprint density at radius 3 is 2.75 bits per heavy atom. The van der Waals surface area contributed by atoms with Gasteiger partial charge in [0.1, 0.15) is 0 Å². The second kappa shape index (κ2) is 6.81. The van der Waals surface area contributed by atoms with Crippen molar-refractivity contribution in [1.82, 2.24) is 4.90 Å². The molecule has 1 fully saturated rings. The van der Waals surface area contributed by atoms with E-state index in [-0.39, 0.29) is 23.5 Å². The van der Waals surface area contributed by atoms with Gasteiger partial charge in [-0.25, -0.2) is 4.39 Å². The van der Waals surface area contributed by atoms with Crippen LogP contribution < -0.4 is 4.74 Å². The number of rotatable bonds is 5. The molecule has 1 aliphatic rings. The molecule has 1 aliphatic carbocycles. The van der Waals surface area contributed by atoms with Crippen LogP contribution in [0.5, 0.6) is 5.75 Å². The second-order valence-electron chi connectivity index (χ2n) is 6.13. The van der Waals surface area contributed by atoms with Gasteiger partial charge in [-0.1, -0.05) is 35.9 Å². The molecule has 1 saturated carbocycles.